The molecule has 0 fully saturated rings. The fourth-order valence-corrected chi connectivity index (χ4v) is 1.37. The van der Waals surface area contributed by atoms with Gasteiger partial charge >= 0.3 is 0 Å². The van der Waals surface area contributed by atoms with E-state index in [1.165, 1.54) is 12.1 Å². The summed E-state index contributed by atoms with van der Waals surface area (Å²) in [6.45, 7) is 3.91. The van der Waals surface area contributed by atoms with Crippen LogP contribution in [0, 0.1) is 24.6 Å². The Labute approximate surface area is 90.5 Å². The average molecular weight is 205 g/mol. The zero-order chi connectivity index (χ0) is 11.3. The summed E-state index contributed by atoms with van der Waals surface area (Å²) in [5, 5.41) is 0. The van der Waals surface area contributed by atoms with Gasteiger partial charge in [0.25, 0.3) is 0 Å². The predicted molar refractivity (Wildman–Crippen MR) is 60.9 cm³/mol. The summed E-state index contributed by atoms with van der Waals surface area (Å²) in [6.07, 6.45) is 1.89. The van der Waals surface area contributed by atoms with Crippen LogP contribution in [0.1, 0.15) is 30.9 Å². The van der Waals surface area contributed by atoms with Gasteiger partial charge in [-0.1, -0.05) is 25.2 Å². The van der Waals surface area contributed by atoms with Crippen LogP contribution in [-0.2, 0) is 0 Å². The summed E-state index contributed by atoms with van der Waals surface area (Å²) in [5.41, 5.74) is 7.31. The molecule has 0 aliphatic carbocycles. The highest BCUT2D eigenvalue weighted by Gasteiger charge is 1.96. The molecule has 2 N–H and O–H groups in total. The van der Waals surface area contributed by atoms with Crippen LogP contribution in [0.2, 0.25) is 0 Å². The Bertz CT molecular complexity index is 367. The maximum Gasteiger partial charge on any atom is 0.124 e. The van der Waals surface area contributed by atoms with Crippen molar-refractivity contribution < 1.29 is 4.39 Å². The Balaban J connectivity index is 2.79. The van der Waals surface area contributed by atoms with E-state index >= 15 is 0 Å². The molecule has 1 unspecified atom stereocenters. The summed E-state index contributed by atoms with van der Waals surface area (Å²) in [4.78, 5) is 0. The van der Waals surface area contributed by atoms with Crippen LogP contribution in [0.25, 0.3) is 0 Å². The van der Waals surface area contributed by atoms with Gasteiger partial charge in [-0.3, -0.25) is 0 Å². The second kappa shape index (κ2) is 5.53. The molecule has 0 saturated carbocycles. The first-order chi connectivity index (χ1) is 7.11. The molecule has 0 bridgehead atoms. The van der Waals surface area contributed by atoms with Gasteiger partial charge in [-0.2, -0.15) is 0 Å². The fraction of sp³-hybridized carbons (Fsp3) is 0.385. The highest BCUT2D eigenvalue weighted by molar-refractivity contribution is 5.38. The van der Waals surface area contributed by atoms with Gasteiger partial charge in [0.1, 0.15) is 5.82 Å². The van der Waals surface area contributed by atoms with Gasteiger partial charge in [0.2, 0.25) is 0 Å². The third-order valence-electron chi connectivity index (χ3n) is 2.04. The maximum atomic E-state index is 13.0. The smallest absolute Gasteiger partial charge is 0.124 e. The first-order valence-electron chi connectivity index (χ1n) is 5.16. The van der Waals surface area contributed by atoms with Crippen molar-refractivity contribution in [2.75, 3.05) is 0 Å². The number of rotatable bonds is 2. The normalized spacial score (nSPS) is 11.7. The second-order valence-electron chi connectivity index (χ2n) is 3.68. The van der Waals surface area contributed by atoms with Crippen molar-refractivity contribution in [2.24, 2.45) is 5.73 Å². The third-order valence-corrected chi connectivity index (χ3v) is 2.04. The topological polar surface area (TPSA) is 26.0 Å². The van der Waals surface area contributed by atoms with Crippen molar-refractivity contribution in [2.45, 2.75) is 32.7 Å². The Kier molecular flexibility index (Phi) is 4.33. The van der Waals surface area contributed by atoms with E-state index in [4.69, 9.17) is 5.73 Å². The van der Waals surface area contributed by atoms with Gasteiger partial charge in [0, 0.05) is 5.56 Å². The molecule has 2 heteroatoms. The molecule has 80 valence electrons. The third kappa shape index (κ3) is 4.14. The fourth-order valence-electron chi connectivity index (χ4n) is 1.37. The molecule has 0 heterocycles. The summed E-state index contributed by atoms with van der Waals surface area (Å²) in [5.74, 6) is 5.56. The summed E-state index contributed by atoms with van der Waals surface area (Å²) < 4.78 is 13.0. The van der Waals surface area contributed by atoms with Crippen LogP contribution in [0.4, 0.5) is 4.39 Å². The molecule has 1 nitrogen and oxygen atoms in total. The largest absolute Gasteiger partial charge is 0.318 e. The molecular weight excluding hydrogens is 189 g/mol. The number of benzene rings is 1. The van der Waals surface area contributed by atoms with Gasteiger partial charge in [-0.05, 0) is 37.1 Å². The number of hydrogen-bond acceptors (Lipinski definition) is 1. The van der Waals surface area contributed by atoms with E-state index in [1.54, 1.807) is 0 Å². The van der Waals surface area contributed by atoms with Crippen molar-refractivity contribution in [1.82, 2.24) is 0 Å². The number of nitrogens with two attached hydrogens (primary N) is 1. The number of halogens is 1. The molecule has 0 amide bonds. The van der Waals surface area contributed by atoms with E-state index in [0.29, 0.717) is 5.56 Å². The van der Waals surface area contributed by atoms with Crippen LogP contribution >= 0.6 is 0 Å². The Morgan fingerprint density at radius 1 is 1.40 bits per heavy atom. The monoisotopic (exact) mass is 205 g/mol. The van der Waals surface area contributed by atoms with Crippen molar-refractivity contribution in [1.29, 1.82) is 0 Å². The van der Waals surface area contributed by atoms with E-state index < -0.39 is 0 Å². The van der Waals surface area contributed by atoms with E-state index in [0.717, 1.165) is 18.4 Å². The summed E-state index contributed by atoms with van der Waals surface area (Å²) >= 11 is 0. The molecule has 1 aromatic rings. The van der Waals surface area contributed by atoms with Crippen LogP contribution in [0.3, 0.4) is 0 Å². The molecule has 0 saturated heterocycles. The zero-order valence-electron chi connectivity index (χ0n) is 9.18. The zero-order valence-corrected chi connectivity index (χ0v) is 9.18. The van der Waals surface area contributed by atoms with Gasteiger partial charge in [-0.25, -0.2) is 4.39 Å². The lowest BCUT2D eigenvalue weighted by molar-refractivity contribution is 0.626. The van der Waals surface area contributed by atoms with E-state index in [1.807, 2.05) is 13.0 Å². The van der Waals surface area contributed by atoms with Crippen LogP contribution in [0.15, 0.2) is 18.2 Å². The minimum atomic E-state index is -0.247. The molecule has 0 spiro atoms. The molecule has 1 atom stereocenters. The van der Waals surface area contributed by atoms with Crippen molar-refractivity contribution in [3.63, 3.8) is 0 Å². The van der Waals surface area contributed by atoms with Gasteiger partial charge in [-0.15, -0.1) is 0 Å². The highest BCUT2D eigenvalue weighted by Crippen LogP contribution is 2.07. The van der Waals surface area contributed by atoms with Gasteiger partial charge < -0.3 is 5.73 Å². The van der Waals surface area contributed by atoms with Crippen LogP contribution in [-0.4, -0.2) is 6.04 Å². The van der Waals surface area contributed by atoms with Crippen molar-refractivity contribution in [3.8, 4) is 11.8 Å². The molecule has 0 radical (unpaired) electrons. The minimum absolute atomic E-state index is 0.112. The number of hydrogen-bond donors (Lipinski definition) is 1. The lowest BCUT2D eigenvalue weighted by atomic mass is 10.1. The van der Waals surface area contributed by atoms with Gasteiger partial charge in [0.15, 0.2) is 0 Å². The van der Waals surface area contributed by atoms with E-state index in [2.05, 4.69) is 18.8 Å². The Morgan fingerprint density at radius 2 is 2.13 bits per heavy atom. The average Bonchev–Trinajstić information content (AvgIpc) is 2.14. The van der Waals surface area contributed by atoms with Crippen LogP contribution < -0.4 is 5.73 Å². The minimum Gasteiger partial charge on any atom is -0.318 e. The van der Waals surface area contributed by atoms with Crippen molar-refractivity contribution >= 4 is 0 Å². The first kappa shape index (κ1) is 11.7. The first-order valence-corrected chi connectivity index (χ1v) is 5.16. The Hall–Kier alpha value is -1.33. The predicted octanol–water partition coefficient (Wildman–Crippen LogP) is 2.61. The van der Waals surface area contributed by atoms with Crippen LogP contribution in [0.5, 0.6) is 0 Å². The summed E-state index contributed by atoms with van der Waals surface area (Å²) in [7, 11) is 0. The molecule has 0 aliphatic heterocycles. The van der Waals surface area contributed by atoms with Gasteiger partial charge in [0.05, 0.1) is 6.04 Å². The molecule has 15 heavy (non-hydrogen) atoms. The second-order valence-corrected chi connectivity index (χ2v) is 3.68. The molecule has 0 aliphatic rings. The SMILES string of the molecule is CCCC(N)C#Cc1cc(C)cc(F)c1. The molecular formula is C13H16FN. The quantitative estimate of drug-likeness (QED) is 0.738. The standard InChI is InChI=1S/C13H16FN/c1-3-4-13(15)6-5-11-7-10(2)8-12(14)9-11/h7-9,13H,3-4,15H2,1-2H3. The molecule has 0 aromatic heterocycles. The lowest BCUT2D eigenvalue weighted by Crippen LogP contribution is -2.16. The van der Waals surface area contributed by atoms with Crippen molar-refractivity contribution in [3.05, 3.63) is 35.1 Å². The molecule has 1 aromatic carbocycles. The lowest BCUT2D eigenvalue weighted by Gasteiger charge is -1.99. The maximum absolute atomic E-state index is 13.0. The summed E-state index contributed by atoms with van der Waals surface area (Å²) in [6, 6.07) is 4.66. The van der Waals surface area contributed by atoms with E-state index in [-0.39, 0.29) is 11.9 Å². The van der Waals surface area contributed by atoms with E-state index in [9.17, 15) is 4.39 Å². The molecule has 1 rings (SSSR count). The number of aryl methyl sites for hydroxylation is 1. The Morgan fingerprint density at radius 3 is 2.73 bits per heavy atom. The highest BCUT2D eigenvalue weighted by atomic mass is 19.1.